The van der Waals surface area contributed by atoms with Crippen molar-refractivity contribution in [3.63, 3.8) is 0 Å². The van der Waals surface area contributed by atoms with Crippen LogP contribution in [0.5, 0.6) is 0 Å². The summed E-state index contributed by atoms with van der Waals surface area (Å²) in [5.74, 6) is -0.109. The number of amides is 1. The fourth-order valence-electron chi connectivity index (χ4n) is 2.48. The van der Waals surface area contributed by atoms with Gasteiger partial charge in [0.25, 0.3) is 5.91 Å². The minimum Gasteiger partial charge on any atom is -0.394 e. The molecule has 1 aromatic heterocycles. The first kappa shape index (κ1) is 13.5. The molecule has 2 heterocycles. The van der Waals surface area contributed by atoms with E-state index in [-0.39, 0.29) is 12.5 Å². The predicted octanol–water partition coefficient (Wildman–Crippen LogP) is 2.17. The van der Waals surface area contributed by atoms with Crippen molar-refractivity contribution >= 4 is 27.3 Å². The highest BCUT2D eigenvalue weighted by atomic mass is 32.1. The first-order valence-electron chi connectivity index (χ1n) is 6.72. The number of hydrogen-bond acceptors (Lipinski definition) is 4. The van der Waals surface area contributed by atoms with Crippen molar-refractivity contribution in [3.05, 3.63) is 35.2 Å². The molecule has 0 atom stereocenters. The van der Waals surface area contributed by atoms with Crippen LogP contribution >= 0.6 is 11.3 Å². The van der Waals surface area contributed by atoms with Gasteiger partial charge in [-0.15, -0.1) is 11.3 Å². The van der Waals surface area contributed by atoms with E-state index in [2.05, 4.69) is 5.32 Å². The molecule has 1 aliphatic rings. The van der Waals surface area contributed by atoms with Gasteiger partial charge < -0.3 is 15.2 Å². The Hall–Kier alpha value is -1.43. The Morgan fingerprint density at radius 1 is 1.35 bits per heavy atom. The maximum atomic E-state index is 12.4. The largest absolute Gasteiger partial charge is 0.394 e. The lowest BCUT2D eigenvalue weighted by Gasteiger charge is -2.36. The SMILES string of the molecule is O=C(NC1(CO)CCOCC1)c1cc2ccccc2s1. The van der Waals surface area contributed by atoms with Gasteiger partial charge in [0.1, 0.15) is 0 Å². The Labute approximate surface area is 121 Å². The van der Waals surface area contributed by atoms with Crippen LogP contribution in [-0.2, 0) is 4.74 Å². The van der Waals surface area contributed by atoms with Crippen LogP contribution in [0.25, 0.3) is 10.1 Å². The van der Waals surface area contributed by atoms with Gasteiger partial charge in [0, 0.05) is 17.9 Å². The van der Waals surface area contributed by atoms with Crippen LogP contribution in [0.15, 0.2) is 30.3 Å². The van der Waals surface area contributed by atoms with Crippen molar-refractivity contribution in [1.82, 2.24) is 5.32 Å². The van der Waals surface area contributed by atoms with E-state index in [1.165, 1.54) is 11.3 Å². The lowest BCUT2D eigenvalue weighted by Crippen LogP contribution is -2.54. The molecule has 20 heavy (non-hydrogen) atoms. The number of carbonyl (C=O) groups is 1. The molecule has 1 amide bonds. The number of aliphatic hydroxyl groups is 1. The summed E-state index contributed by atoms with van der Waals surface area (Å²) in [4.78, 5) is 13.1. The van der Waals surface area contributed by atoms with E-state index in [0.29, 0.717) is 30.9 Å². The molecule has 0 spiro atoms. The summed E-state index contributed by atoms with van der Waals surface area (Å²) >= 11 is 1.48. The minimum absolute atomic E-state index is 0.0486. The molecule has 2 aromatic rings. The van der Waals surface area contributed by atoms with E-state index in [4.69, 9.17) is 4.74 Å². The van der Waals surface area contributed by atoms with E-state index < -0.39 is 5.54 Å². The van der Waals surface area contributed by atoms with Crippen molar-refractivity contribution in [2.75, 3.05) is 19.8 Å². The zero-order chi connectivity index (χ0) is 14.0. The van der Waals surface area contributed by atoms with Gasteiger partial charge in [-0.2, -0.15) is 0 Å². The summed E-state index contributed by atoms with van der Waals surface area (Å²) in [7, 11) is 0. The van der Waals surface area contributed by atoms with E-state index in [1.807, 2.05) is 30.3 Å². The Morgan fingerprint density at radius 2 is 2.10 bits per heavy atom. The molecule has 4 nitrogen and oxygen atoms in total. The lowest BCUT2D eigenvalue weighted by molar-refractivity contribution is 0.0126. The molecule has 5 heteroatoms. The first-order chi connectivity index (χ1) is 9.72. The number of nitrogens with one attached hydrogen (secondary N) is 1. The summed E-state index contributed by atoms with van der Waals surface area (Å²) in [5.41, 5.74) is -0.536. The quantitative estimate of drug-likeness (QED) is 0.911. The number of fused-ring (bicyclic) bond motifs is 1. The standard InChI is InChI=1S/C15H17NO3S/c17-10-15(5-7-19-8-6-15)16-14(18)13-9-11-3-1-2-4-12(11)20-13/h1-4,9,17H,5-8,10H2,(H,16,18). The molecule has 0 bridgehead atoms. The van der Waals surface area contributed by atoms with Crippen LogP contribution in [-0.4, -0.2) is 36.4 Å². The van der Waals surface area contributed by atoms with Crippen molar-refractivity contribution in [2.45, 2.75) is 18.4 Å². The van der Waals surface area contributed by atoms with E-state index in [1.54, 1.807) is 0 Å². The maximum absolute atomic E-state index is 12.4. The lowest BCUT2D eigenvalue weighted by atomic mass is 9.91. The van der Waals surface area contributed by atoms with Gasteiger partial charge in [-0.3, -0.25) is 4.79 Å². The van der Waals surface area contributed by atoms with E-state index >= 15 is 0 Å². The highest BCUT2D eigenvalue weighted by molar-refractivity contribution is 7.20. The third-order valence-electron chi connectivity index (χ3n) is 3.78. The van der Waals surface area contributed by atoms with Gasteiger partial charge >= 0.3 is 0 Å². The van der Waals surface area contributed by atoms with Gasteiger partial charge in [-0.1, -0.05) is 18.2 Å². The Bertz CT molecular complexity index is 583. The molecule has 1 saturated heterocycles. The highest BCUT2D eigenvalue weighted by Gasteiger charge is 2.34. The maximum Gasteiger partial charge on any atom is 0.261 e. The fraction of sp³-hybridized carbons (Fsp3) is 0.400. The minimum atomic E-state index is -0.536. The van der Waals surface area contributed by atoms with Crippen molar-refractivity contribution in [2.24, 2.45) is 0 Å². The van der Waals surface area contributed by atoms with Crippen molar-refractivity contribution in [1.29, 1.82) is 0 Å². The number of rotatable bonds is 3. The summed E-state index contributed by atoms with van der Waals surface area (Å²) in [6.45, 7) is 1.10. The van der Waals surface area contributed by atoms with Crippen LogP contribution in [0.2, 0.25) is 0 Å². The Kier molecular flexibility index (Phi) is 3.74. The number of hydrogen-bond donors (Lipinski definition) is 2. The van der Waals surface area contributed by atoms with E-state index in [9.17, 15) is 9.90 Å². The second-order valence-corrected chi connectivity index (χ2v) is 6.24. The van der Waals surface area contributed by atoms with Gasteiger partial charge in [-0.05, 0) is 30.4 Å². The number of benzene rings is 1. The van der Waals surface area contributed by atoms with Crippen LogP contribution < -0.4 is 5.32 Å². The van der Waals surface area contributed by atoms with Crippen LogP contribution in [0.1, 0.15) is 22.5 Å². The third kappa shape index (κ3) is 2.57. The monoisotopic (exact) mass is 291 g/mol. The summed E-state index contributed by atoms with van der Waals surface area (Å²) in [5, 5.41) is 13.7. The fourth-order valence-corrected chi connectivity index (χ4v) is 3.44. The molecule has 3 rings (SSSR count). The average Bonchev–Trinajstić information content (AvgIpc) is 2.92. The van der Waals surface area contributed by atoms with Crippen molar-refractivity contribution in [3.8, 4) is 0 Å². The van der Waals surface area contributed by atoms with Crippen molar-refractivity contribution < 1.29 is 14.6 Å². The number of aliphatic hydroxyl groups excluding tert-OH is 1. The zero-order valence-corrected chi connectivity index (χ0v) is 11.9. The van der Waals surface area contributed by atoms with Gasteiger partial charge in [0.2, 0.25) is 0 Å². The number of carbonyl (C=O) groups excluding carboxylic acids is 1. The molecule has 0 radical (unpaired) electrons. The topological polar surface area (TPSA) is 58.6 Å². The molecule has 106 valence electrons. The molecule has 0 saturated carbocycles. The molecule has 0 aliphatic carbocycles. The molecule has 2 N–H and O–H groups in total. The van der Waals surface area contributed by atoms with Crippen LogP contribution in [0.4, 0.5) is 0 Å². The smallest absolute Gasteiger partial charge is 0.261 e. The molecular weight excluding hydrogens is 274 g/mol. The summed E-state index contributed by atoms with van der Waals surface area (Å²) < 4.78 is 6.40. The highest BCUT2D eigenvalue weighted by Crippen LogP contribution is 2.27. The molecule has 1 fully saturated rings. The number of thiophene rings is 1. The second-order valence-electron chi connectivity index (χ2n) is 5.15. The normalized spacial score (nSPS) is 18.1. The summed E-state index contributed by atoms with van der Waals surface area (Å²) in [6, 6.07) is 9.84. The first-order valence-corrected chi connectivity index (χ1v) is 7.54. The van der Waals surface area contributed by atoms with Crippen LogP contribution in [0.3, 0.4) is 0 Å². The Balaban J connectivity index is 1.81. The molecular formula is C15H17NO3S. The van der Waals surface area contributed by atoms with Gasteiger partial charge in [0.15, 0.2) is 0 Å². The Morgan fingerprint density at radius 3 is 2.80 bits per heavy atom. The molecule has 1 aromatic carbocycles. The molecule has 1 aliphatic heterocycles. The zero-order valence-electron chi connectivity index (χ0n) is 11.1. The predicted molar refractivity (Wildman–Crippen MR) is 79.2 cm³/mol. The van der Waals surface area contributed by atoms with Gasteiger partial charge in [0.05, 0.1) is 17.0 Å². The second kappa shape index (κ2) is 5.52. The third-order valence-corrected chi connectivity index (χ3v) is 4.90. The van der Waals surface area contributed by atoms with Crippen LogP contribution in [0, 0.1) is 0 Å². The van der Waals surface area contributed by atoms with Gasteiger partial charge in [-0.25, -0.2) is 0 Å². The average molecular weight is 291 g/mol. The van der Waals surface area contributed by atoms with E-state index in [0.717, 1.165) is 10.1 Å². The molecule has 0 unspecified atom stereocenters. The summed E-state index contributed by atoms with van der Waals surface area (Å²) in [6.07, 6.45) is 1.31. The number of ether oxygens (including phenoxy) is 1.